The van der Waals surface area contributed by atoms with Crippen LogP contribution in [0.25, 0.3) is 0 Å². The van der Waals surface area contributed by atoms with Gasteiger partial charge in [-0.05, 0) is 38.3 Å². The molecule has 0 N–H and O–H groups in total. The number of Topliss-reactive ketones (excluding diaryl/α,β-unsaturated/α-hetero) is 2. The normalized spacial score (nSPS) is 15.1. The van der Waals surface area contributed by atoms with E-state index in [1.807, 2.05) is 25.2 Å². The molecule has 1 unspecified atom stereocenters. The molecule has 4 heteroatoms. The van der Waals surface area contributed by atoms with Crippen LogP contribution in [0.5, 0.6) is 0 Å². The van der Waals surface area contributed by atoms with Gasteiger partial charge in [-0.25, -0.2) is 0 Å². The molecule has 0 amide bonds. The van der Waals surface area contributed by atoms with Gasteiger partial charge in [-0.1, -0.05) is 49.4 Å². The summed E-state index contributed by atoms with van der Waals surface area (Å²) in [5.74, 6) is 0.239. The average Bonchev–Trinajstić information content (AvgIpc) is 2.65. The van der Waals surface area contributed by atoms with Crippen LogP contribution in [0, 0.1) is 5.92 Å². The van der Waals surface area contributed by atoms with Crippen molar-refractivity contribution in [3.63, 3.8) is 0 Å². The molecule has 0 aliphatic heterocycles. The van der Waals surface area contributed by atoms with Gasteiger partial charge in [-0.3, -0.25) is 9.59 Å². The standard InChI is InChI=1S/C23H29NO3/c1-16(10-8-14-24(4)5)17(2)11-9-15-27-23-18(3)21(25)19-12-6-7-13-20(19)22(23)26/h6-8,12-14,17H,1,9-11,15H2,2-5H3. The van der Waals surface area contributed by atoms with Crippen LogP contribution in [0.4, 0.5) is 0 Å². The van der Waals surface area contributed by atoms with Crippen LogP contribution in [0.15, 0.2) is 60.0 Å². The Kier molecular flexibility index (Phi) is 7.17. The molecule has 144 valence electrons. The van der Waals surface area contributed by atoms with E-state index in [0.717, 1.165) is 19.3 Å². The summed E-state index contributed by atoms with van der Waals surface area (Å²) in [6.45, 7) is 8.39. The van der Waals surface area contributed by atoms with Crippen molar-refractivity contribution in [1.29, 1.82) is 0 Å². The smallest absolute Gasteiger partial charge is 0.228 e. The van der Waals surface area contributed by atoms with Crippen molar-refractivity contribution in [2.75, 3.05) is 20.7 Å². The number of nitrogens with zero attached hydrogens (tertiary/aromatic N) is 1. The highest BCUT2D eigenvalue weighted by Crippen LogP contribution is 2.27. The number of hydrogen-bond donors (Lipinski definition) is 0. The highest BCUT2D eigenvalue weighted by molar-refractivity contribution is 6.25. The average molecular weight is 367 g/mol. The topological polar surface area (TPSA) is 46.6 Å². The molecule has 1 atom stereocenters. The molecule has 1 aliphatic rings. The van der Waals surface area contributed by atoms with Gasteiger partial charge >= 0.3 is 0 Å². The molecule has 0 bridgehead atoms. The number of carbonyl (C=O) groups is 2. The van der Waals surface area contributed by atoms with Gasteiger partial charge in [0, 0.05) is 30.8 Å². The van der Waals surface area contributed by atoms with E-state index in [4.69, 9.17) is 4.74 Å². The molecular formula is C23H29NO3. The summed E-state index contributed by atoms with van der Waals surface area (Å²) in [5.41, 5.74) is 2.46. The Morgan fingerprint density at radius 1 is 1.19 bits per heavy atom. The molecule has 1 aliphatic carbocycles. The summed E-state index contributed by atoms with van der Waals surface area (Å²) in [6, 6.07) is 6.90. The number of rotatable bonds is 9. The Morgan fingerprint density at radius 2 is 1.81 bits per heavy atom. The van der Waals surface area contributed by atoms with Crippen LogP contribution in [-0.2, 0) is 4.74 Å². The molecule has 0 aromatic heterocycles. The van der Waals surface area contributed by atoms with E-state index < -0.39 is 0 Å². The Morgan fingerprint density at radius 3 is 2.44 bits per heavy atom. The molecule has 2 rings (SSSR count). The van der Waals surface area contributed by atoms with E-state index in [2.05, 4.69) is 19.6 Å². The third-order valence-corrected chi connectivity index (χ3v) is 4.81. The quantitative estimate of drug-likeness (QED) is 0.465. The second kappa shape index (κ2) is 9.36. The maximum atomic E-state index is 12.6. The first-order valence-corrected chi connectivity index (χ1v) is 9.35. The van der Waals surface area contributed by atoms with Gasteiger partial charge in [-0.15, -0.1) is 0 Å². The Balaban J connectivity index is 1.86. The van der Waals surface area contributed by atoms with Gasteiger partial charge in [0.05, 0.1) is 6.61 Å². The molecule has 4 nitrogen and oxygen atoms in total. The molecule has 0 spiro atoms. The van der Waals surface area contributed by atoms with Gasteiger partial charge in [0.2, 0.25) is 5.78 Å². The minimum atomic E-state index is -0.200. The monoisotopic (exact) mass is 367 g/mol. The van der Waals surface area contributed by atoms with Gasteiger partial charge < -0.3 is 9.64 Å². The van der Waals surface area contributed by atoms with Crippen molar-refractivity contribution < 1.29 is 14.3 Å². The third kappa shape index (κ3) is 5.19. The SMILES string of the molecule is C=C(CC=CN(C)C)C(C)CCCOC1=C(C)C(=O)c2ccccc2C1=O. The molecule has 0 saturated carbocycles. The van der Waals surface area contributed by atoms with Gasteiger partial charge in [0.1, 0.15) is 0 Å². The molecule has 1 aromatic rings. The number of fused-ring (bicyclic) bond motifs is 1. The fourth-order valence-corrected chi connectivity index (χ4v) is 3.03. The summed E-state index contributed by atoms with van der Waals surface area (Å²) in [7, 11) is 3.98. The van der Waals surface area contributed by atoms with Gasteiger partial charge in [0.25, 0.3) is 0 Å². The predicted octanol–water partition coefficient (Wildman–Crippen LogP) is 4.79. The Hall–Kier alpha value is -2.62. The second-order valence-corrected chi connectivity index (χ2v) is 7.26. The summed E-state index contributed by atoms with van der Waals surface area (Å²) < 4.78 is 5.74. The second-order valence-electron chi connectivity index (χ2n) is 7.26. The molecule has 0 heterocycles. The molecule has 1 aromatic carbocycles. The van der Waals surface area contributed by atoms with E-state index in [1.54, 1.807) is 31.2 Å². The number of allylic oxidation sites excluding steroid dienone is 4. The van der Waals surface area contributed by atoms with E-state index in [-0.39, 0.29) is 17.3 Å². The summed E-state index contributed by atoms with van der Waals surface area (Å²) in [4.78, 5) is 27.1. The largest absolute Gasteiger partial charge is 0.489 e. The molecule has 0 saturated heterocycles. The van der Waals surface area contributed by atoms with Gasteiger partial charge in [-0.2, -0.15) is 0 Å². The van der Waals surface area contributed by atoms with Crippen molar-refractivity contribution in [2.24, 2.45) is 5.92 Å². The van der Waals surface area contributed by atoms with E-state index >= 15 is 0 Å². The summed E-state index contributed by atoms with van der Waals surface area (Å²) in [5, 5.41) is 0. The van der Waals surface area contributed by atoms with E-state index in [1.165, 1.54) is 5.57 Å². The molecule has 0 radical (unpaired) electrons. The highest BCUT2D eigenvalue weighted by atomic mass is 16.5. The van der Waals surface area contributed by atoms with E-state index in [0.29, 0.717) is 29.2 Å². The lowest BCUT2D eigenvalue weighted by Gasteiger charge is -2.20. The minimum Gasteiger partial charge on any atom is -0.489 e. The molecule has 0 fully saturated rings. The number of carbonyl (C=O) groups excluding carboxylic acids is 2. The fraction of sp³-hybridized carbons (Fsp3) is 0.391. The number of ether oxygens (including phenoxy) is 1. The van der Waals surface area contributed by atoms with Crippen LogP contribution in [-0.4, -0.2) is 37.2 Å². The van der Waals surface area contributed by atoms with Crippen molar-refractivity contribution in [1.82, 2.24) is 4.90 Å². The highest BCUT2D eigenvalue weighted by Gasteiger charge is 2.30. The minimum absolute atomic E-state index is 0.130. The predicted molar refractivity (Wildman–Crippen MR) is 109 cm³/mol. The van der Waals surface area contributed by atoms with Crippen molar-refractivity contribution in [3.05, 3.63) is 71.2 Å². The summed E-state index contributed by atoms with van der Waals surface area (Å²) >= 11 is 0. The number of benzene rings is 1. The number of ketones is 2. The lowest BCUT2D eigenvalue weighted by Crippen LogP contribution is -2.22. The van der Waals surface area contributed by atoms with Crippen LogP contribution in [0.3, 0.4) is 0 Å². The van der Waals surface area contributed by atoms with Crippen LogP contribution < -0.4 is 0 Å². The van der Waals surface area contributed by atoms with E-state index in [9.17, 15) is 9.59 Å². The Labute approximate surface area is 162 Å². The first kappa shape index (κ1) is 20.7. The lowest BCUT2D eigenvalue weighted by molar-refractivity contribution is 0.0867. The summed E-state index contributed by atoms with van der Waals surface area (Å²) in [6.07, 6.45) is 6.72. The lowest BCUT2D eigenvalue weighted by atomic mass is 9.89. The third-order valence-electron chi connectivity index (χ3n) is 4.81. The van der Waals surface area contributed by atoms with Crippen molar-refractivity contribution in [3.8, 4) is 0 Å². The zero-order valence-electron chi connectivity index (χ0n) is 16.7. The number of hydrogen-bond acceptors (Lipinski definition) is 4. The maximum Gasteiger partial charge on any atom is 0.228 e. The zero-order chi connectivity index (χ0) is 20.0. The van der Waals surface area contributed by atoms with Crippen LogP contribution in [0.1, 0.15) is 53.8 Å². The first-order valence-electron chi connectivity index (χ1n) is 9.35. The Bertz CT molecular complexity index is 787. The first-order chi connectivity index (χ1) is 12.8. The van der Waals surface area contributed by atoms with Crippen molar-refractivity contribution >= 4 is 11.6 Å². The maximum absolute atomic E-state index is 12.6. The molecule has 27 heavy (non-hydrogen) atoms. The zero-order valence-corrected chi connectivity index (χ0v) is 16.7. The van der Waals surface area contributed by atoms with Crippen LogP contribution in [0.2, 0.25) is 0 Å². The van der Waals surface area contributed by atoms with Gasteiger partial charge in [0.15, 0.2) is 11.5 Å². The van der Waals surface area contributed by atoms with Crippen molar-refractivity contribution in [2.45, 2.75) is 33.1 Å². The fourth-order valence-electron chi connectivity index (χ4n) is 3.03. The van der Waals surface area contributed by atoms with Crippen LogP contribution >= 0.6 is 0 Å². The molecular weight excluding hydrogens is 338 g/mol.